The number of nitrogens with one attached hydrogen (secondary N) is 1. The highest BCUT2D eigenvalue weighted by atomic mass is 32.1. The number of oxime groups is 1. The molecule has 0 unspecified atom stereocenters. The topological polar surface area (TPSA) is 116 Å². The van der Waals surface area contributed by atoms with Crippen LogP contribution < -0.4 is 15.8 Å². The average molecular weight is 400 g/mol. The molecule has 4 heterocycles. The van der Waals surface area contributed by atoms with Crippen LogP contribution in [-0.2, 0) is 16.1 Å². The number of nitrogen functional groups attached to an aromatic ring is 1. The van der Waals surface area contributed by atoms with E-state index in [-0.39, 0.29) is 18.9 Å². The number of carbonyl (C=O) groups is 1. The molecule has 0 aromatic carbocycles. The lowest BCUT2D eigenvalue weighted by atomic mass is 9.98. The maximum absolute atomic E-state index is 11.1. The number of hydrogen-bond acceptors (Lipinski definition) is 9. The molecule has 3 N–H and O–H groups in total. The molecule has 0 saturated carbocycles. The maximum atomic E-state index is 11.1. The van der Waals surface area contributed by atoms with Crippen LogP contribution in [-0.4, -0.2) is 52.7 Å². The van der Waals surface area contributed by atoms with Crippen molar-refractivity contribution in [1.29, 1.82) is 0 Å². The fraction of sp³-hybridized carbons (Fsp3) is 0.333. The van der Waals surface area contributed by atoms with Crippen LogP contribution in [0, 0.1) is 5.92 Å². The lowest BCUT2D eigenvalue weighted by Crippen LogP contribution is -2.43. The van der Waals surface area contributed by atoms with Gasteiger partial charge < -0.3 is 25.0 Å². The Hall–Kier alpha value is -2.98. The normalized spacial score (nSPS) is 14.8. The van der Waals surface area contributed by atoms with Crippen LogP contribution in [0.2, 0.25) is 0 Å². The highest BCUT2D eigenvalue weighted by Gasteiger charge is 2.18. The van der Waals surface area contributed by atoms with Crippen LogP contribution in [0.5, 0.6) is 5.75 Å². The summed E-state index contributed by atoms with van der Waals surface area (Å²) in [6, 6.07) is 3.79. The summed E-state index contributed by atoms with van der Waals surface area (Å²) in [7, 11) is 0. The van der Waals surface area contributed by atoms with Crippen LogP contribution in [0.25, 0.3) is 5.65 Å². The van der Waals surface area contributed by atoms with Gasteiger partial charge >= 0.3 is 0 Å². The Kier molecular flexibility index (Phi) is 5.49. The Morgan fingerprint density at radius 2 is 2.25 bits per heavy atom. The Morgan fingerprint density at radius 3 is 2.96 bits per heavy atom. The molecule has 0 radical (unpaired) electrons. The van der Waals surface area contributed by atoms with Crippen molar-refractivity contribution in [3.8, 4) is 5.75 Å². The maximum Gasteiger partial charge on any atom is 0.180 e. The van der Waals surface area contributed by atoms with Crippen molar-refractivity contribution >= 4 is 34.1 Å². The number of fused-ring (bicyclic) bond motifs is 1. The third kappa shape index (κ3) is 4.29. The first-order chi connectivity index (χ1) is 13.7. The molecule has 0 amide bonds. The van der Waals surface area contributed by atoms with E-state index in [4.69, 9.17) is 15.3 Å². The molecule has 3 aromatic heterocycles. The van der Waals surface area contributed by atoms with Crippen molar-refractivity contribution < 1.29 is 14.4 Å². The fourth-order valence-electron chi connectivity index (χ4n) is 2.84. The smallest absolute Gasteiger partial charge is 0.180 e. The first kappa shape index (κ1) is 18.4. The number of nitrogens with two attached hydrogens (primary N) is 1. The molecule has 9 nitrogen and oxygen atoms in total. The molecule has 1 aliphatic rings. The van der Waals surface area contributed by atoms with Gasteiger partial charge in [0.1, 0.15) is 23.7 Å². The van der Waals surface area contributed by atoms with E-state index in [2.05, 4.69) is 20.4 Å². The highest BCUT2D eigenvalue weighted by Crippen LogP contribution is 2.17. The number of pyridine rings is 1. The number of aldehydes is 1. The molecule has 1 saturated heterocycles. The second kappa shape index (κ2) is 8.36. The predicted octanol–water partition coefficient (Wildman–Crippen LogP) is 1.13. The van der Waals surface area contributed by atoms with Crippen LogP contribution >= 0.6 is 11.3 Å². The quantitative estimate of drug-likeness (QED) is 0.239. The van der Waals surface area contributed by atoms with Gasteiger partial charge in [-0.1, -0.05) is 5.16 Å². The highest BCUT2D eigenvalue weighted by molar-refractivity contribution is 7.13. The number of nitrogens with zero attached hydrogens (tertiary/aromatic N) is 4. The summed E-state index contributed by atoms with van der Waals surface area (Å²) in [6.07, 6.45) is 5.50. The number of hydrogen-bond donors (Lipinski definition) is 2. The molecular weight excluding hydrogens is 380 g/mol. The van der Waals surface area contributed by atoms with Gasteiger partial charge in [0.15, 0.2) is 23.7 Å². The number of imidazole rings is 1. The Labute approximate surface area is 165 Å². The van der Waals surface area contributed by atoms with Gasteiger partial charge in [-0.3, -0.25) is 4.79 Å². The summed E-state index contributed by atoms with van der Waals surface area (Å²) >= 11 is 1.24. The number of aromatic nitrogens is 3. The Bertz CT molecular complexity index is 994. The Balaban J connectivity index is 1.28. The third-order valence-corrected chi connectivity index (χ3v) is 5.01. The first-order valence-corrected chi connectivity index (χ1v) is 9.77. The van der Waals surface area contributed by atoms with Gasteiger partial charge in [-0.15, -0.1) is 11.3 Å². The Morgan fingerprint density at radius 1 is 1.36 bits per heavy atom. The second-order valence-corrected chi connectivity index (χ2v) is 7.33. The minimum atomic E-state index is 0.0991. The van der Waals surface area contributed by atoms with E-state index < -0.39 is 0 Å². The standard InChI is InChI=1S/C18H20N6O3S/c19-18-22-16(11-28-18)15(10-25)23-27-4-3-26-14-1-2-17-21-13(8-24(17)9-14)5-12-6-20-7-12/h1-2,8-12,20H,3-7H2,(H2,19,22)/b23-15+. The van der Waals surface area contributed by atoms with E-state index in [0.29, 0.717) is 28.8 Å². The van der Waals surface area contributed by atoms with Crippen LogP contribution in [0.15, 0.2) is 35.1 Å². The van der Waals surface area contributed by atoms with Gasteiger partial charge in [0.25, 0.3) is 0 Å². The summed E-state index contributed by atoms with van der Waals surface area (Å²) < 4.78 is 7.65. The zero-order valence-electron chi connectivity index (χ0n) is 15.1. The summed E-state index contributed by atoms with van der Waals surface area (Å²) in [5.74, 6) is 1.38. The van der Waals surface area contributed by atoms with E-state index in [9.17, 15) is 4.79 Å². The fourth-order valence-corrected chi connectivity index (χ4v) is 3.40. The molecule has 28 heavy (non-hydrogen) atoms. The number of rotatable bonds is 9. The van der Waals surface area contributed by atoms with Crippen molar-refractivity contribution in [1.82, 2.24) is 19.7 Å². The molecule has 0 atom stereocenters. The molecule has 10 heteroatoms. The van der Waals surface area contributed by atoms with Gasteiger partial charge in [-0.2, -0.15) is 0 Å². The van der Waals surface area contributed by atoms with Crippen molar-refractivity contribution in [2.45, 2.75) is 6.42 Å². The predicted molar refractivity (Wildman–Crippen MR) is 106 cm³/mol. The monoisotopic (exact) mass is 400 g/mol. The molecule has 4 rings (SSSR count). The van der Waals surface area contributed by atoms with Crippen molar-refractivity contribution in [2.75, 3.05) is 32.0 Å². The molecule has 0 spiro atoms. The van der Waals surface area contributed by atoms with Gasteiger partial charge in [0, 0.05) is 11.6 Å². The van der Waals surface area contributed by atoms with Crippen LogP contribution in [0.3, 0.4) is 0 Å². The van der Waals surface area contributed by atoms with E-state index in [1.807, 2.05) is 28.9 Å². The summed E-state index contributed by atoms with van der Waals surface area (Å²) in [5, 5.41) is 9.09. The molecule has 1 fully saturated rings. The van der Waals surface area contributed by atoms with E-state index in [1.54, 1.807) is 5.38 Å². The van der Waals surface area contributed by atoms with Gasteiger partial charge in [-0.25, -0.2) is 9.97 Å². The van der Waals surface area contributed by atoms with Crippen LogP contribution in [0.1, 0.15) is 11.4 Å². The van der Waals surface area contributed by atoms with Crippen molar-refractivity contribution in [2.24, 2.45) is 11.1 Å². The van der Waals surface area contributed by atoms with Crippen molar-refractivity contribution in [3.05, 3.63) is 41.3 Å². The van der Waals surface area contributed by atoms with Crippen LogP contribution in [0.4, 0.5) is 5.13 Å². The average Bonchev–Trinajstić information content (AvgIpc) is 3.26. The number of carbonyl (C=O) groups excluding carboxylic acids is 1. The molecule has 1 aliphatic heterocycles. The number of anilines is 1. The molecule has 0 bridgehead atoms. The zero-order chi connectivity index (χ0) is 19.3. The number of ether oxygens (including phenoxy) is 1. The summed E-state index contributed by atoms with van der Waals surface area (Å²) in [5.41, 5.74) is 8.04. The molecule has 146 valence electrons. The van der Waals surface area contributed by atoms with E-state index >= 15 is 0 Å². The second-order valence-electron chi connectivity index (χ2n) is 6.44. The van der Waals surface area contributed by atoms with E-state index in [0.717, 1.165) is 30.9 Å². The van der Waals surface area contributed by atoms with Gasteiger partial charge in [0.05, 0.1) is 11.9 Å². The molecule has 3 aromatic rings. The SMILES string of the molecule is Nc1nc(/C(C=O)=N/OCCOc2ccc3nc(CC4CNC4)cn3c2)cs1. The lowest BCUT2D eigenvalue weighted by molar-refractivity contribution is -0.102. The lowest BCUT2D eigenvalue weighted by Gasteiger charge is -2.25. The number of thiazole rings is 1. The summed E-state index contributed by atoms with van der Waals surface area (Å²) in [4.78, 5) is 24.9. The van der Waals surface area contributed by atoms with Crippen molar-refractivity contribution in [3.63, 3.8) is 0 Å². The molecular formula is C18H20N6O3S. The minimum absolute atomic E-state index is 0.0991. The molecule has 0 aliphatic carbocycles. The van der Waals surface area contributed by atoms with E-state index in [1.165, 1.54) is 11.3 Å². The minimum Gasteiger partial charge on any atom is -0.488 e. The van der Waals surface area contributed by atoms with Gasteiger partial charge in [0.2, 0.25) is 0 Å². The third-order valence-electron chi connectivity index (χ3n) is 4.34. The zero-order valence-corrected chi connectivity index (χ0v) is 15.9. The summed E-state index contributed by atoms with van der Waals surface area (Å²) in [6.45, 7) is 2.60. The first-order valence-electron chi connectivity index (χ1n) is 8.89. The largest absolute Gasteiger partial charge is 0.488 e. The van der Waals surface area contributed by atoms with Gasteiger partial charge in [-0.05, 0) is 37.6 Å².